The van der Waals surface area contributed by atoms with Crippen LogP contribution in [-0.2, 0) is 0 Å². The van der Waals surface area contributed by atoms with Crippen molar-refractivity contribution in [3.05, 3.63) is 34.4 Å². The van der Waals surface area contributed by atoms with E-state index in [1.165, 1.54) is 36.8 Å². The molecule has 17 heavy (non-hydrogen) atoms. The molecule has 0 radical (unpaired) electrons. The summed E-state index contributed by atoms with van der Waals surface area (Å²) in [6.45, 7) is 6.24. The second-order valence-electron chi connectivity index (χ2n) is 5.53. The van der Waals surface area contributed by atoms with E-state index in [-0.39, 0.29) is 0 Å². The first-order valence-electron chi connectivity index (χ1n) is 6.69. The number of ketones is 1. The predicted molar refractivity (Wildman–Crippen MR) is 71.6 cm³/mol. The Morgan fingerprint density at radius 2 is 1.65 bits per heavy atom. The quantitative estimate of drug-likeness (QED) is 0.704. The minimum atomic E-state index is 0.345. The van der Waals surface area contributed by atoms with Crippen LogP contribution in [-0.4, -0.2) is 5.78 Å². The van der Waals surface area contributed by atoms with Gasteiger partial charge in [-0.05, 0) is 49.4 Å². The zero-order chi connectivity index (χ0) is 12.4. The van der Waals surface area contributed by atoms with Crippen LogP contribution < -0.4 is 0 Å². The Labute approximate surface area is 104 Å². The van der Waals surface area contributed by atoms with Crippen LogP contribution in [0.4, 0.5) is 0 Å². The lowest BCUT2D eigenvalue weighted by Crippen LogP contribution is -2.08. The van der Waals surface area contributed by atoms with Gasteiger partial charge < -0.3 is 0 Å². The number of carbonyl (C=O) groups is 1. The van der Waals surface area contributed by atoms with E-state index in [9.17, 15) is 4.79 Å². The van der Waals surface area contributed by atoms with Crippen LogP contribution in [0.15, 0.2) is 12.1 Å². The highest BCUT2D eigenvalue weighted by Crippen LogP contribution is 2.29. The first kappa shape index (κ1) is 12.3. The van der Waals surface area contributed by atoms with E-state index < -0.39 is 0 Å². The van der Waals surface area contributed by atoms with Crippen LogP contribution in [0.3, 0.4) is 0 Å². The molecule has 0 atom stereocenters. The van der Waals surface area contributed by atoms with Gasteiger partial charge in [-0.3, -0.25) is 4.79 Å². The number of rotatable bonds is 3. The van der Waals surface area contributed by atoms with Gasteiger partial charge in [0, 0.05) is 12.0 Å². The van der Waals surface area contributed by atoms with Gasteiger partial charge in [0.15, 0.2) is 5.78 Å². The second-order valence-corrected chi connectivity index (χ2v) is 5.53. The molecule has 1 fully saturated rings. The van der Waals surface area contributed by atoms with Gasteiger partial charge >= 0.3 is 0 Å². The Kier molecular flexibility index (Phi) is 3.66. The van der Waals surface area contributed by atoms with Crippen LogP contribution in [0.1, 0.15) is 59.2 Å². The second kappa shape index (κ2) is 5.03. The van der Waals surface area contributed by atoms with Crippen LogP contribution >= 0.6 is 0 Å². The highest BCUT2D eigenvalue weighted by atomic mass is 16.1. The Hall–Kier alpha value is -1.11. The van der Waals surface area contributed by atoms with E-state index in [4.69, 9.17) is 0 Å². The maximum Gasteiger partial charge on any atom is 0.163 e. The summed E-state index contributed by atoms with van der Waals surface area (Å²) in [6.07, 6.45) is 5.86. The van der Waals surface area contributed by atoms with Gasteiger partial charge in [-0.2, -0.15) is 0 Å². The summed E-state index contributed by atoms with van der Waals surface area (Å²) in [5.41, 5.74) is 4.58. The zero-order valence-corrected chi connectivity index (χ0v) is 11.2. The van der Waals surface area contributed by atoms with E-state index in [0.717, 1.165) is 17.5 Å². The fourth-order valence-electron chi connectivity index (χ4n) is 2.85. The summed E-state index contributed by atoms with van der Waals surface area (Å²) in [5, 5.41) is 0. The molecule has 0 bridgehead atoms. The number of carbonyl (C=O) groups excluding carboxylic acids is 1. The van der Waals surface area contributed by atoms with E-state index in [1.54, 1.807) is 0 Å². The highest BCUT2D eigenvalue weighted by Gasteiger charge is 2.20. The molecule has 1 heteroatoms. The number of hydrogen-bond donors (Lipinski definition) is 0. The third-order valence-corrected chi connectivity index (χ3v) is 4.09. The molecule has 1 aliphatic rings. The van der Waals surface area contributed by atoms with Crippen molar-refractivity contribution in [2.75, 3.05) is 0 Å². The molecular weight excluding hydrogens is 208 g/mol. The van der Waals surface area contributed by atoms with Gasteiger partial charge in [-0.25, -0.2) is 0 Å². The van der Waals surface area contributed by atoms with Crippen molar-refractivity contribution in [1.82, 2.24) is 0 Å². The monoisotopic (exact) mass is 230 g/mol. The number of hydrogen-bond acceptors (Lipinski definition) is 1. The normalized spacial score (nSPS) is 16.4. The first-order chi connectivity index (χ1) is 8.08. The molecule has 0 saturated heterocycles. The van der Waals surface area contributed by atoms with Crippen molar-refractivity contribution in [1.29, 1.82) is 0 Å². The zero-order valence-electron chi connectivity index (χ0n) is 11.2. The average molecular weight is 230 g/mol. The lowest BCUT2D eigenvalue weighted by atomic mass is 9.92. The van der Waals surface area contributed by atoms with Gasteiger partial charge in [0.2, 0.25) is 0 Å². The summed E-state index contributed by atoms with van der Waals surface area (Å²) in [5.74, 6) is 0.987. The number of Topliss-reactive ketones (excluding diaryl/α,β-unsaturated/α-hetero) is 1. The Balaban J connectivity index is 2.15. The molecule has 0 aliphatic heterocycles. The summed E-state index contributed by atoms with van der Waals surface area (Å²) < 4.78 is 0. The van der Waals surface area contributed by atoms with Crippen molar-refractivity contribution < 1.29 is 4.79 Å². The third-order valence-electron chi connectivity index (χ3n) is 4.09. The average Bonchev–Trinajstić information content (AvgIpc) is 2.76. The molecule has 0 spiro atoms. The molecule has 1 aromatic carbocycles. The van der Waals surface area contributed by atoms with Crippen LogP contribution in [0, 0.1) is 26.7 Å². The van der Waals surface area contributed by atoms with E-state index in [1.807, 2.05) is 6.92 Å². The molecule has 1 nitrogen and oxygen atoms in total. The van der Waals surface area contributed by atoms with Crippen LogP contribution in [0.5, 0.6) is 0 Å². The first-order valence-corrected chi connectivity index (χ1v) is 6.69. The standard InChI is InChI=1S/C16H22O/c1-11-8-13(3)15(9-12(11)2)16(17)10-14-6-4-5-7-14/h8-9,14H,4-7,10H2,1-3H3. The van der Waals surface area contributed by atoms with Gasteiger partial charge in [-0.1, -0.05) is 31.7 Å². The topological polar surface area (TPSA) is 17.1 Å². The number of benzene rings is 1. The van der Waals surface area contributed by atoms with Gasteiger partial charge in [0.05, 0.1) is 0 Å². The van der Waals surface area contributed by atoms with Crippen LogP contribution in [0.2, 0.25) is 0 Å². The molecular formula is C16H22O. The summed E-state index contributed by atoms with van der Waals surface area (Å²) in [6, 6.07) is 4.21. The maximum absolute atomic E-state index is 12.3. The largest absolute Gasteiger partial charge is 0.294 e. The molecule has 1 saturated carbocycles. The van der Waals surface area contributed by atoms with Crippen LogP contribution in [0.25, 0.3) is 0 Å². The highest BCUT2D eigenvalue weighted by molar-refractivity contribution is 5.97. The molecule has 0 amide bonds. The van der Waals surface area contributed by atoms with Crippen molar-refractivity contribution in [3.63, 3.8) is 0 Å². The summed E-state index contributed by atoms with van der Waals surface area (Å²) in [4.78, 5) is 12.3. The van der Waals surface area contributed by atoms with Crippen molar-refractivity contribution in [2.24, 2.45) is 5.92 Å². The van der Waals surface area contributed by atoms with E-state index in [2.05, 4.69) is 26.0 Å². The lowest BCUT2D eigenvalue weighted by Gasteiger charge is -2.11. The predicted octanol–water partition coefficient (Wildman–Crippen LogP) is 4.37. The summed E-state index contributed by atoms with van der Waals surface area (Å²) in [7, 11) is 0. The Morgan fingerprint density at radius 3 is 2.29 bits per heavy atom. The van der Waals surface area contributed by atoms with Crippen molar-refractivity contribution >= 4 is 5.78 Å². The molecule has 1 aromatic rings. The molecule has 92 valence electrons. The minimum absolute atomic E-state index is 0.345. The smallest absolute Gasteiger partial charge is 0.163 e. The fourth-order valence-corrected chi connectivity index (χ4v) is 2.85. The molecule has 0 N–H and O–H groups in total. The van der Waals surface area contributed by atoms with Crippen molar-refractivity contribution in [2.45, 2.75) is 52.9 Å². The van der Waals surface area contributed by atoms with Gasteiger partial charge in [0.25, 0.3) is 0 Å². The molecule has 0 aromatic heterocycles. The minimum Gasteiger partial charge on any atom is -0.294 e. The summed E-state index contributed by atoms with van der Waals surface area (Å²) >= 11 is 0. The van der Waals surface area contributed by atoms with Crippen molar-refractivity contribution in [3.8, 4) is 0 Å². The SMILES string of the molecule is Cc1cc(C)c(C(=O)CC2CCCC2)cc1C. The van der Waals surface area contributed by atoms with E-state index >= 15 is 0 Å². The fraction of sp³-hybridized carbons (Fsp3) is 0.562. The molecule has 0 unspecified atom stereocenters. The maximum atomic E-state index is 12.3. The lowest BCUT2D eigenvalue weighted by molar-refractivity contribution is 0.0961. The molecule has 0 heterocycles. The van der Waals surface area contributed by atoms with E-state index in [0.29, 0.717) is 11.7 Å². The van der Waals surface area contributed by atoms with Gasteiger partial charge in [0.1, 0.15) is 0 Å². The number of aryl methyl sites for hydroxylation is 3. The molecule has 2 rings (SSSR count). The Bertz CT molecular complexity index is 425. The Morgan fingerprint density at radius 1 is 1.06 bits per heavy atom. The molecule has 1 aliphatic carbocycles. The third kappa shape index (κ3) is 2.77. The van der Waals surface area contributed by atoms with Gasteiger partial charge in [-0.15, -0.1) is 0 Å².